The predicted molar refractivity (Wildman–Crippen MR) is 65.5 cm³/mol. The highest BCUT2D eigenvalue weighted by atomic mass is 19.4. The number of hydrogen-bond donors (Lipinski definition) is 2. The number of carbonyl (C=O) groups is 1. The van der Waals surface area contributed by atoms with Crippen LogP contribution >= 0.6 is 0 Å². The summed E-state index contributed by atoms with van der Waals surface area (Å²) in [7, 11) is 0. The van der Waals surface area contributed by atoms with Crippen molar-refractivity contribution in [3.63, 3.8) is 0 Å². The third-order valence-electron chi connectivity index (χ3n) is 2.59. The Morgan fingerprint density at radius 1 is 1.40 bits per heavy atom. The highest BCUT2D eigenvalue weighted by Crippen LogP contribution is 2.25. The van der Waals surface area contributed by atoms with Crippen molar-refractivity contribution < 1.29 is 22.9 Å². The molecule has 2 N–H and O–H groups in total. The molecule has 1 aromatic rings. The van der Waals surface area contributed by atoms with E-state index in [1.807, 2.05) is 0 Å². The van der Waals surface area contributed by atoms with Crippen LogP contribution in [0.4, 0.5) is 29.3 Å². The minimum Gasteiger partial charge on any atom is -0.326 e. The summed E-state index contributed by atoms with van der Waals surface area (Å²) in [5.41, 5.74) is 0.00468. The number of anilines is 1. The van der Waals surface area contributed by atoms with Gasteiger partial charge >= 0.3 is 12.2 Å². The molecule has 0 unspecified atom stereocenters. The number of alkyl halides is 3. The number of carbonyl (C=O) groups excluding carboxylic acids is 1. The lowest BCUT2D eigenvalue weighted by Gasteiger charge is -2.18. The average molecular weight is 291 g/mol. The fourth-order valence-corrected chi connectivity index (χ4v) is 1.39. The van der Waals surface area contributed by atoms with Crippen molar-refractivity contribution in [2.24, 2.45) is 0 Å². The predicted octanol–water partition coefficient (Wildman–Crippen LogP) is 2.98. The largest absolute Gasteiger partial charge is 0.408 e. The molecule has 0 aromatic heterocycles. The van der Waals surface area contributed by atoms with Crippen molar-refractivity contribution in [1.82, 2.24) is 5.32 Å². The van der Waals surface area contributed by atoms with Crippen molar-refractivity contribution in [3.8, 4) is 0 Å². The SMILES string of the molecule is Cc1c(NC(=O)N[C@@H](C)C(F)(F)F)cccc1[N+](=O)[O-]. The van der Waals surface area contributed by atoms with Crippen molar-refractivity contribution in [3.05, 3.63) is 33.9 Å². The molecule has 20 heavy (non-hydrogen) atoms. The average Bonchev–Trinajstić information content (AvgIpc) is 2.30. The summed E-state index contributed by atoms with van der Waals surface area (Å²) in [6.45, 7) is 2.18. The van der Waals surface area contributed by atoms with Crippen molar-refractivity contribution in [1.29, 1.82) is 0 Å². The Balaban J connectivity index is 2.82. The van der Waals surface area contributed by atoms with Gasteiger partial charge in [0, 0.05) is 6.07 Å². The lowest BCUT2D eigenvalue weighted by molar-refractivity contribution is -0.385. The van der Waals surface area contributed by atoms with E-state index in [2.05, 4.69) is 5.32 Å². The lowest BCUT2D eigenvalue weighted by Crippen LogP contribution is -2.45. The molecule has 0 aliphatic carbocycles. The Bertz CT molecular complexity index is 531. The molecule has 6 nitrogen and oxygen atoms in total. The lowest BCUT2D eigenvalue weighted by atomic mass is 10.1. The maximum Gasteiger partial charge on any atom is 0.408 e. The number of benzene rings is 1. The van der Waals surface area contributed by atoms with E-state index in [0.717, 1.165) is 6.92 Å². The number of amides is 2. The van der Waals surface area contributed by atoms with Crippen LogP contribution < -0.4 is 10.6 Å². The van der Waals surface area contributed by atoms with E-state index in [1.165, 1.54) is 25.1 Å². The molecule has 1 rings (SSSR count). The highest BCUT2D eigenvalue weighted by Gasteiger charge is 2.37. The van der Waals surface area contributed by atoms with Crippen LogP contribution in [0.1, 0.15) is 12.5 Å². The smallest absolute Gasteiger partial charge is 0.326 e. The second-order valence-corrected chi connectivity index (χ2v) is 4.07. The van der Waals surface area contributed by atoms with Crippen LogP contribution in [0.15, 0.2) is 18.2 Å². The molecule has 0 aliphatic heterocycles. The van der Waals surface area contributed by atoms with Gasteiger partial charge in [-0.1, -0.05) is 6.07 Å². The molecule has 0 fully saturated rings. The Labute approximate surface area is 112 Å². The molecule has 110 valence electrons. The van der Waals surface area contributed by atoms with Gasteiger partial charge in [-0.3, -0.25) is 10.1 Å². The van der Waals surface area contributed by atoms with Gasteiger partial charge in [0.05, 0.1) is 16.2 Å². The first-order chi connectivity index (χ1) is 9.12. The summed E-state index contributed by atoms with van der Waals surface area (Å²) < 4.78 is 36.8. The van der Waals surface area contributed by atoms with E-state index >= 15 is 0 Å². The Kier molecular flexibility index (Phi) is 4.53. The summed E-state index contributed by atoms with van der Waals surface area (Å²) in [5.74, 6) is 0. The quantitative estimate of drug-likeness (QED) is 0.663. The number of nitro benzene ring substituents is 1. The maximum atomic E-state index is 12.3. The van der Waals surface area contributed by atoms with Gasteiger partial charge in [0.25, 0.3) is 5.69 Å². The summed E-state index contributed by atoms with van der Waals surface area (Å²) in [6, 6.07) is 0.810. The van der Waals surface area contributed by atoms with Crippen LogP contribution in [-0.2, 0) is 0 Å². The summed E-state index contributed by atoms with van der Waals surface area (Å²) in [6.07, 6.45) is -4.56. The molecule has 0 saturated carbocycles. The molecule has 0 saturated heterocycles. The third-order valence-corrected chi connectivity index (χ3v) is 2.59. The summed E-state index contributed by atoms with van der Waals surface area (Å²) in [4.78, 5) is 21.5. The van der Waals surface area contributed by atoms with Gasteiger partial charge in [-0.05, 0) is 19.9 Å². The number of rotatable bonds is 3. The van der Waals surface area contributed by atoms with Gasteiger partial charge in [-0.15, -0.1) is 0 Å². The van der Waals surface area contributed by atoms with Gasteiger partial charge < -0.3 is 10.6 Å². The summed E-state index contributed by atoms with van der Waals surface area (Å²) >= 11 is 0. The van der Waals surface area contributed by atoms with E-state index < -0.39 is 23.2 Å². The number of nitrogens with one attached hydrogen (secondary N) is 2. The Hall–Kier alpha value is -2.32. The molecule has 0 bridgehead atoms. The zero-order valence-electron chi connectivity index (χ0n) is 10.6. The van der Waals surface area contributed by atoms with Crippen LogP contribution in [0, 0.1) is 17.0 Å². The van der Waals surface area contributed by atoms with Crippen LogP contribution in [0.5, 0.6) is 0 Å². The van der Waals surface area contributed by atoms with E-state index in [0.29, 0.717) is 0 Å². The molecule has 9 heteroatoms. The van der Waals surface area contributed by atoms with Crippen molar-refractivity contribution in [2.75, 3.05) is 5.32 Å². The highest BCUT2D eigenvalue weighted by molar-refractivity contribution is 5.90. The molecule has 0 aliphatic rings. The molecule has 1 aromatic carbocycles. The molecule has 1 atom stereocenters. The first-order valence-electron chi connectivity index (χ1n) is 5.51. The number of halogens is 3. The number of urea groups is 1. The monoisotopic (exact) mass is 291 g/mol. The molecular weight excluding hydrogens is 279 g/mol. The molecule has 2 amide bonds. The zero-order chi connectivity index (χ0) is 15.5. The van der Waals surface area contributed by atoms with Gasteiger partial charge in [0.2, 0.25) is 0 Å². The second kappa shape index (κ2) is 5.76. The maximum absolute atomic E-state index is 12.3. The van der Waals surface area contributed by atoms with Crippen LogP contribution in [-0.4, -0.2) is 23.2 Å². The minimum absolute atomic E-state index is 0.0751. The summed E-state index contributed by atoms with van der Waals surface area (Å²) in [5, 5.41) is 14.6. The van der Waals surface area contributed by atoms with E-state index in [-0.39, 0.29) is 16.9 Å². The third kappa shape index (κ3) is 3.84. The topological polar surface area (TPSA) is 84.3 Å². The van der Waals surface area contributed by atoms with E-state index in [9.17, 15) is 28.1 Å². The Morgan fingerprint density at radius 2 is 2.00 bits per heavy atom. The zero-order valence-corrected chi connectivity index (χ0v) is 10.6. The number of nitrogens with zero attached hydrogens (tertiary/aromatic N) is 1. The van der Waals surface area contributed by atoms with Gasteiger partial charge in [-0.2, -0.15) is 13.2 Å². The van der Waals surface area contributed by atoms with E-state index in [4.69, 9.17) is 0 Å². The first-order valence-corrected chi connectivity index (χ1v) is 5.51. The number of nitro groups is 1. The molecule has 0 spiro atoms. The van der Waals surface area contributed by atoms with Crippen molar-refractivity contribution >= 4 is 17.4 Å². The molecule has 0 heterocycles. The first kappa shape index (κ1) is 15.7. The fraction of sp³-hybridized carbons (Fsp3) is 0.364. The minimum atomic E-state index is -4.56. The normalized spacial score (nSPS) is 12.7. The van der Waals surface area contributed by atoms with Gasteiger partial charge in [0.1, 0.15) is 6.04 Å². The number of hydrogen-bond acceptors (Lipinski definition) is 3. The Morgan fingerprint density at radius 3 is 2.50 bits per heavy atom. The van der Waals surface area contributed by atoms with Crippen LogP contribution in [0.3, 0.4) is 0 Å². The van der Waals surface area contributed by atoms with Gasteiger partial charge in [-0.25, -0.2) is 4.79 Å². The second-order valence-electron chi connectivity index (χ2n) is 4.07. The van der Waals surface area contributed by atoms with Gasteiger partial charge in [0.15, 0.2) is 0 Å². The van der Waals surface area contributed by atoms with Crippen LogP contribution in [0.2, 0.25) is 0 Å². The molecular formula is C11H12F3N3O3. The van der Waals surface area contributed by atoms with Crippen molar-refractivity contribution in [2.45, 2.75) is 26.1 Å². The molecule has 0 radical (unpaired) electrons. The standard InChI is InChI=1S/C11H12F3N3O3/c1-6-8(4-3-5-9(6)17(19)20)16-10(18)15-7(2)11(12,13)14/h3-5,7H,1-2H3,(H2,15,16,18)/t7-/m0/s1. The van der Waals surface area contributed by atoms with E-state index in [1.54, 1.807) is 5.32 Å². The fourth-order valence-electron chi connectivity index (χ4n) is 1.39. The van der Waals surface area contributed by atoms with Crippen LogP contribution in [0.25, 0.3) is 0 Å².